The van der Waals surface area contributed by atoms with Gasteiger partial charge in [0.05, 0.1) is 12.3 Å². The third kappa shape index (κ3) is 3.14. The number of benzene rings is 1. The van der Waals surface area contributed by atoms with Gasteiger partial charge in [0, 0.05) is 22.8 Å². The number of aromatic nitrogens is 1. The van der Waals surface area contributed by atoms with Crippen LogP contribution in [-0.4, -0.2) is 17.3 Å². The lowest BCUT2D eigenvalue weighted by atomic mass is 9.81. The number of hydrogen-bond donors (Lipinski definition) is 0. The molecular formula is C23H27NO2. The highest BCUT2D eigenvalue weighted by Crippen LogP contribution is 2.38. The molecular weight excluding hydrogens is 322 g/mol. The largest absolute Gasteiger partial charge is 0.493 e. The molecule has 0 unspecified atom stereocenters. The molecule has 2 aromatic heterocycles. The molecule has 0 saturated carbocycles. The van der Waals surface area contributed by atoms with Crippen LogP contribution in [0.3, 0.4) is 0 Å². The van der Waals surface area contributed by atoms with E-state index in [1.54, 1.807) is 0 Å². The smallest absolute Gasteiger partial charge is 0.167 e. The van der Waals surface area contributed by atoms with Crippen LogP contribution in [0.5, 0.6) is 5.75 Å². The maximum absolute atomic E-state index is 11.9. The van der Waals surface area contributed by atoms with Crippen molar-refractivity contribution in [1.82, 2.24) is 4.40 Å². The van der Waals surface area contributed by atoms with E-state index >= 15 is 0 Å². The predicted molar refractivity (Wildman–Crippen MR) is 107 cm³/mol. The van der Waals surface area contributed by atoms with Crippen LogP contribution in [0.1, 0.15) is 55.7 Å². The fourth-order valence-electron chi connectivity index (χ4n) is 3.29. The first-order chi connectivity index (χ1) is 12.4. The first-order valence-corrected chi connectivity index (χ1v) is 9.26. The number of aryl methyl sites for hydroxylation is 1. The fourth-order valence-corrected chi connectivity index (χ4v) is 3.29. The van der Waals surface area contributed by atoms with Crippen LogP contribution in [0, 0.1) is 6.92 Å². The van der Waals surface area contributed by atoms with Crippen molar-refractivity contribution in [2.75, 3.05) is 6.61 Å². The van der Waals surface area contributed by atoms with Crippen molar-refractivity contribution in [3.63, 3.8) is 0 Å². The van der Waals surface area contributed by atoms with Gasteiger partial charge in [-0.3, -0.25) is 4.79 Å². The Balaban J connectivity index is 2.29. The molecule has 0 radical (unpaired) electrons. The Morgan fingerprint density at radius 2 is 1.85 bits per heavy atom. The first-order valence-electron chi connectivity index (χ1n) is 9.26. The van der Waals surface area contributed by atoms with Gasteiger partial charge in [-0.2, -0.15) is 0 Å². The Labute approximate surface area is 155 Å². The van der Waals surface area contributed by atoms with E-state index in [1.165, 1.54) is 11.1 Å². The molecule has 0 aliphatic carbocycles. The molecule has 0 spiro atoms. The number of aldehydes is 1. The normalized spacial score (nSPS) is 11.7. The molecule has 0 fully saturated rings. The van der Waals surface area contributed by atoms with Crippen molar-refractivity contribution >= 4 is 11.8 Å². The minimum absolute atomic E-state index is 0.0661. The summed E-state index contributed by atoms with van der Waals surface area (Å²) in [6.07, 6.45) is 3.93. The molecule has 0 aliphatic rings. The lowest BCUT2D eigenvalue weighted by molar-refractivity contribution is 0.111. The predicted octanol–water partition coefficient (Wildman–Crippen LogP) is 5.81. The molecule has 1 aromatic carbocycles. The molecule has 0 aliphatic heterocycles. The number of pyridine rings is 1. The summed E-state index contributed by atoms with van der Waals surface area (Å²) in [4.78, 5) is 11.9. The van der Waals surface area contributed by atoms with Crippen LogP contribution in [-0.2, 0) is 5.41 Å². The van der Waals surface area contributed by atoms with Crippen molar-refractivity contribution in [2.24, 2.45) is 0 Å². The van der Waals surface area contributed by atoms with E-state index in [2.05, 4.69) is 52.0 Å². The second-order valence-corrected chi connectivity index (χ2v) is 7.44. The third-order valence-electron chi connectivity index (χ3n) is 5.31. The highest BCUT2D eigenvalue weighted by atomic mass is 16.5. The molecule has 3 rings (SSSR count). The maximum atomic E-state index is 11.9. The number of carbonyl (C=O) groups is 1. The van der Waals surface area contributed by atoms with Gasteiger partial charge in [-0.15, -0.1) is 0 Å². The van der Waals surface area contributed by atoms with Gasteiger partial charge < -0.3 is 9.14 Å². The zero-order chi connectivity index (χ0) is 18.9. The Morgan fingerprint density at radius 1 is 1.08 bits per heavy atom. The minimum Gasteiger partial charge on any atom is -0.493 e. The first kappa shape index (κ1) is 18.2. The van der Waals surface area contributed by atoms with E-state index in [4.69, 9.17) is 4.74 Å². The van der Waals surface area contributed by atoms with Crippen molar-refractivity contribution in [2.45, 2.75) is 46.5 Å². The number of hydrogen-bond acceptors (Lipinski definition) is 2. The van der Waals surface area contributed by atoms with Gasteiger partial charge in [-0.1, -0.05) is 26.8 Å². The summed E-state index contributed by atoms with van der Waals surface area (Å²) in [5.41, 5.74) is 6.07. The van der Waals surface area contributed by atoms with Gasteiger partial charge in [0.2, 0.25) is 0 Å². The van der Waals surface area contributed by atoms with Gasteiger partial charge in [-0.05, 0) is 67.1 Å². The van der Waals surface area contributed by atoms with E-state index in [-0.39, 0.29) is 5.41 Å². The zero-order valence-electron chi connectivity index (χ0n) is 16.3. The monoisotopic (exact) mass is 349 g/mol. The summed E-state index contributed by atoms with van der Waals surface area (Å²) in [6, 6.07) is 12.5. The molecule has 3 heteroatoms. The van der Waals surface area contributed by atoms with Crippen LogP contribution in [0.15, 0.2) is 42.6 Å². The van der Waals surface area contributed by atoms with Crippen LogP contribution >= 0.6 is 0 Å². The van der Waals surface area contributed by atoms with Gasteiger partial charge in [0.25, 0.3) is 0 Å². The summed E-state index contributed by atoms with van der Waals surface area (Å²) >= 11 is 0. The van der Waals surface area contributed by atoms with Gasteiger partial charge in [0.15, 0.2) is 6.29 Å². The summed E-state index contributed by atoms with van der Waals surface area (Å²) < 4.78 is 7.83. The second kappa shape index (κ2) is 6.99. The lowest BCUT2D eigenvalue weighted by Gasteiger charge is -2.25. The molecule has 136 valence electrons. The van der Waals surface area contributed by atoms with Gasteiger partial charge >= 0.3 is 0 Å². The Hall–Kier alpha value is -2.55. The van der Waals surface area contributed by atoms with Crippen molar-refractivity contribution < 1.29 is 9.53 Å². The van der Waals surface area contributed by atoms with Crippen molar-refractivity contribution in [1.29, 1.82) is 0 Å². The fraction of sp³-hybridized carbons (Fsp3) is 0.348. The molecule has 0 N–H and O–H groups in total. The average molecular weight is 349 g/mol. The minimum atomic E-state index is 0.0661. The topological polar surface area (TPSA) is 30.7 Å². The molecule has 26 heavy (non-hydrogen) atoms. The highest BCUT2D eigenvalue weighted by Gasteiger charge is 2.22. The van der Waals surface area contributed by atoms with E-state index in [0.29, 0.717) is 12.3 Å². The lowest BCUT2D eigenvalue weighted by Crippen LogP contribution is -2.15. The van der Waals surface area contributed by atoms with E-state index in [0.717, 1.165) is 35.1 Å². The van der Waals surface area contributed by atoms with Crippen LogP contribution in [0.4, 0.5) is 0 Å². The zero-order valence-corrected chi connectivity index (χ0v) is 16.3. The van der Waals surface area contributed by atoms with Crippen LogP contribution in [0.2, 0.25) is 0 Å². The molecule has 0 amide bonds. The molecule has 2 heterocycles. The van der Waals surface area contributed by atoms with Crippen LogP contribution in [0.25, 0.3) is 16.6 Å². The van der Waals surface area contributed by atoms with Crippen LogP contribution < -0.4 is 4.74 Å². The maximum Gasteiger partial charge on any atom is 0.167 e. The van der Waals surface area contributed by atoms with E-state index in [9.17, 15) is 4.79 Å². The Morgan fingerprint density at radius 3 is 2.50 bits per heavy atom. The summed E-state index contributed by atoms with van der Waals surface area (Å²) in [6.45, 7) is 11.3. The quantitative estimate of drug-likeness (QED) is 0.525. The van der Waals surface area contributed by atoms with E-state index in [1.807, 2.05) is 29.7 Å². The highest BCUT2D eigenvalue weighted by molar-refractivity contribution is 5.91. The number of ether oxygens (including phenoxy) is 1. The summed E-state index contributed by atoms with van der Waals surface area (Å²) in [5, 5.41) is 0. The standard InChI is InChI=1S/C23H27NO2/c1-6-23(4,5)17-8-9-22(26-7-2)20(13-17)19-14-18-12-16(3)10-11-24(18)21(19)15-25/h8-15H,6-7H2,1-5H3. The number of carbonyl (C=O) groups excluding carboxylic acids is 1. The van der Waals surface area contributed by atoms with Gasteiger partial charge in [-0.25, -0.2) is 0 Å². The van der Waals surface area contributed by atoms with Gasteiger partial charge in [0.1, 0.15) is 5.75 Å². The summed E-state index contributed by atoms with van der Waals surface area (Å²) in [5.74, 6) is 0.818. The molecule has 0 saturated heterocycles. The Kier molecular flexibility index (Phi) is 4.90. The van der Waals surface area contributed by atoms with Crippen molar-refractivity contribution in [3.05, 3.63) is 59.4 Å². The number of rotatable bonds is 6. The molecule has 0 bridgehead atoms. The number of fused-ring (bicyclic) bond motifs is 1. The Bertz CT molecular complexity index is 950. The average Bonchev–Trinajstić information content (AvgIpc) is 2.99. The number of nitrogens with zero attached hydrogens (tertiary/aromatic N) is 1. The van der Waals surface area contributed by atoms with E-state index < -0.39 is 0 Å². The molecule has 3 aromatic rings. The molecule has 3 nitrogen and oxygen atoms in total. The molecule has 0 atom stereocenters. The van der Waals surface area contributed by atoms with Crippen molar-refractivity contribution in [3.8, 4) is 16.9 Å². The third-order valence-corrected chi connectivity index (χ3v) is 5.31. The second-order valence-electron chi connectivity index (χ2n) is 7.44. The summed E-state index contributed by atoms with van der Waals surface area (Å²) in [7, 11) is 0. The SMILES string of the molecule is CCOc1ccc(C(C)(C)CC)cc1-c1cc2cc(C)ccn2c1C=O.